The third-order valence-electron chi connectivity index (χ3n) is 5.65. The van der Waals surface area contributed by atoms with Gasteiger partial charge in [-0.05, 0) is 47.2 Å². The van der Waals surface area contributed by atoms with Gasteiger partial charge in [-0.25, -0.2) is 0 Å². The Kier molecular flexibility index (Phi) is 7.40. The molecule has 2 amide bonds. The summed E-state index contributed by atoms with van der Waals surface area (Å²) in [5, 5.41) is 2.09. The molecule has 3 aromatic rings. The van der Waals surface area contributed by atoms with Gasteiger partial charge in [0.15, 0.2) is 0 Å². The van der Waals surface area contributed by atoms with Gasteiger partial charge in [0.25, 0.3) is 5.91 Å². The first-order valence-corrected chi connectivity index (χ1v) is 12.2. The lowest BCUT2D eigenvalue weighted by molar-refractivity contribution is -0.134. The molecule has 5 nitrogen and oxygen atoms in total. The van der Waals surface area contributed by atoms with E-state index >= 15 is 0 Å². The van der Waals surface area contributed by atoms with E-state index in [0.717, 1.165) is 16.5 Å². The molecule has 32 heavy (non-hydrogen) atoms. The Hall–Kier alpha value is -2.48. The number of amides is 2. The zero-order valence-electron chi connectivity index (χ0n) is 17.9. The summed E-state index contributed by atoms with van der Waals surface area (Å²) in [6.07, 6.45) is 0.833. The lowest BCUT2D eigenvalue weighted by atomic mass is 9.93. The van der Waals surface area contributed by atoms with Crippen molar-refractivity contribution < 1.29 is 14.3 Å². The van der Waals surface area contributed by atoms with Crippen molar-refractivity contribution in [1.29, 1.82) is 0 Å². The number of benzene rings is 2. The highest BCUT2D eigenvalue weighted by Crippen LogP contribution is 2.37. The molecule has 2 aromatic carbocycles. The second-order valence-electron chi connectivity index (χ2n) is 7.68. The van der Waals surface area contributed by atoms with Gasteiger partial charge in [0.05, 0.1) is 12.6 Å². The molecule has 1 atom stereocenters. The number of rotatable bonds is 7. The summed E-state index contributed by atoms with van der Waals surface area (Å²) in [6.45, 7) is 1.36. The monoisotopic (exact) mass is 512 g/mol. The third-order valence-corrected chi connectivity index (χ3v) is 7.14. The first kappa shape index (κ1) is 22.7. The standard InChI is InChI=1S/C25H25BrN2O3S/c1-31-14-13-27(25(30)19-8-5-9-20(26)16-19)17-23(29)28-12-10-22-21(11-15-32-22)24(28)18-6-3-2-4-7-18/h2-9,11,15-16,24H,10,12-14,17H2,1H3. The van der Waals surface area contributed by atoms with Crippen molar-refractivity contribution in [1.82, 2.24) is 9.80 Å². The Morgan fingerprint density at radius 2 is 1.97 bits per heavy atom. The van der Waals surface area contributed by atoms with Crippen LogP contribution in [0.2, 0.25) is 0 Å². The van der Waals surface area contributed by atoms with E-state index in [0.29, 0.717) is 25.3 Å². The summed E-state index contributed by atoms with van der Waals surface area (Å²) in [7, 11) is 1.59. The molecule has 0 fully saturated rings. The molecule has 2 heterocycles. The minimum atomic E-state index is -0.179. The highest BCUT2D eigenvalue weighted by atomic mass is 79.9. The molecule has 0 aliphatic carbocycles. The van der Waals surface area contributed by atoms with Crippen molar-refractivity contribution in [2.45, 2.75) is 12.5 Å². The first-order valence-electron chi connectivity index (χ1n) is 10.5. The molecule has 1 aromatic heterocycles. The zero-order chi connectivity index (χ0) is 22.5. The van der Waals surface area contributed by atoms with Crippen LogP contribution in [0.25, 0.3) is 0 Å². The lowest BCUT2D eigenvalue weighted by Crippen LogP contribution is -2.47. The third kappa shape index (κ3) is 4.95. The minimum absolute atomic E-state index is 0.0114. The number of ether oxygens (including phenoxy) is 1. The minimum Gasteiger partial charge on any atom is -0.383 e. The van der Waals surface area contributed by atoms with Crippen LogP contribution in [0.1, 0.15) is 32.4 Å². The number of carbonyl (C=O) groups is 2. The number of hydrogen-bond donors (Lipinski definition) is 0. The average Bonchev–Trinajstić information content (AvgIpc) is 3.30. The highest BCUT2D eigenvalue weighted by Gasteiger charge is 2.34. The maximum Gasteiger partial charge on any atom is 0.254 e. The van der Waals surface area contributed by atoms with E-state index in [9.17, 15) is 9.59 Å². The molecule has 0 saturated heterocycles. The van der Waals surface area contributed by atoms with Gasteiger partial charge in [-0.15, -0.1) is 11.3 Å². The summed E-state index contributed by atoms with van der Waals surface area (Å²) in [6, 6.07) is 19.3. The number of fused-ring (bicyclic) bond motifs is 1. The zero-order valence-corrected chi connectivity index (χ0v) is 20.3. The Bertz CT molecular complexity index is 1090. The van der Waals surface area contributed by atoms with Gasteiger partial charge in [-0.2, -0.15) is 0 Å². The van der Waals surface area contributed by atoms with Crippen molar-refractivity contribution in [3.63, 3.8) is 0 Å². The van der Waals surface area contributed by atoms with Gasteiger partial charge in [-0.1, -0.05) is 52.3 Å². The van der Waals surface area contributed by atoms with Crippen molar-refractivity contribution in [2.75, 3.05) is 33.4 Å². The van der Waals surface area contributed by atoms with E-state index in [1.807, 2.05) is 35.2 Å². The summed E-state index contributed by atoms with van der Waals surface area (Å²) >= 11 is 5.16. The van der Waals surface area contributed by atoms with Crippen molar-refractivity contribution in [3.8, 4) is 0 Å². The van der Waals surface area contributed by atoms with E-state index in [4.69, 9.17) is 4.74 Å². The maximum absolute atomic E-state index is 13.6. The maximum atomic E-state index is 13.6. The largest absolute Gasteiger partial charge is 0.383 e. The molecule has 1 aliphatic rings. The number of halogens is 1. The molecule has 0 spiro atoms. The second-order valence-corrected chi connectivity index (χ2v) is 9.60. The fraction of sp³-hybridized carbons (Fsp3) is 0.280. The fourth-order valence-electron chi connectivity index (χ4n) is 4.09. The quantitative estimate of drug-likeness (QED) is 0.457. The van der Waals surface area contributed by atoms with Crippen LogP contribution < -0.4 is 0 Å². The summed E-state index contributed by atoms with van der Waals surface area (Å²) in [4.78, 5) is 31.6. The summed E-state index contributed by atoms with van der Waals surface area (Å²) in [5.74, 6) is -0.239. The van der Waals surface area contributed by atoms with Crippen molar-refractivity contribution in [2.24, 2.45) is 0 Å². The normalized spacial score (nSPS) is 15.3. The average molecular weight is 513 g/mol. The molecule has 0 bridgehead atoms. The molecule has 4 rings (SSSR count). The summed E-state index contributed by atoms with van der Waals surface area (Å²) < 4.78 is 6.03. The molecular formula is C25H25BrN2O3S. The van der Waals surface area contributed by atoms with Crippen LogP contribution in [-0.4, -0.2) is 55.0 Å². The van der Waals surface area contributed by atoms with E-state index < -0.39 is 0 Å². The number of nitrogens with zero attached hydrogens (tertiary/aromatic N) is 2. The highest BCUT2D eigenvalue weighted by molar-refractivity contribution is 9.10. The van der Waals surface area contributed by atoms with Crippen molar-refractivity contribution in [3.05, 3.63) is 92.1 Å². The second kappa shape index (κ2) is 10.4. The Balaban J connectivity index is 1.60. The van der Waals surface area contributed by atoms with Gasteiger partial charge >= 0.3 is 0 Å². The molecule has 0 radical (unpaired) electrons. The number of thiophene rings is 1. The Morgan fingerprint density at radius 1 is 1.16 bits per heavy atom. The molecule has 0 N–H and O–H groups in total. The van der Waals surface area contributed by atoms with Gasteiger partial charge in [0.2, 0.25) is 5.91 Å². The van der Waals surface area contributed by atoms with E-state index in [-0.39, 0.29) is 24.4 Å². The van der Waals surface area contributed by atoms with Gasteiger partial charge in [0, 0.05) is 35.1 Å². The molecule has 0 saturated carbocycles. The van der Waals surface area contributed by atoms with Crippen LogP contribution in [0.3, 0.4) is 0 Å². The smallest absolute Gasteiger partial charge is 0.254 e. The van der Waals surface area contributed by atoms with Crippen LogP contribution >= 0.6 is 27.3 Å². The molecule has 7 heteroatoms. The Labute approximate surface area is 200 Å². The van der Waals surface area contributed by atoms with Crippen molar-refractivity contribution >= 4 is 39.1 Å². The van der Waals surface area contributed by atoms with E-state index in [2.05, 4.69) is 39.5 Å². The van der Waals surface area contributed by atoms with E-state index in [1.165, 1.54) is 10.4 Å². The van der Waals surface area contributed by atoms with Crippen LogP contribution in [-0.2, 0) is 16.0 Å². The topological polar surface area (TPSA) is 49.9 Å². The fourth-order valence-corrected chi connectivity index (χ4v) is 5.39. The lowest BCUT2D eigenvalue weighted by Gasteiger charge is -2.37. The number of carbonyl (C=O) groups excluding carboxylic acids is 2. The van der Waals surface area contributed by atoms with Gasteiger partial charge in [-0.3, -0.25) is 9.59 Å². The molecule has 1 unspecified atom stereocenters. The first-order chi connectivity index (χ1) is 15.6. The van der Waals surface area contributed by atoms with Crippen LogP contribution in [0.5, 0.6) is 0 Å². The van der Waals surface area contributed by atoms with Crippen LogP contribution in [0.15, 0.2) is 70.5 Å². The predicted molar refractivity (Wildman–Crippen MR) is 130 cm³/mol. The molecule has 1 aliphatic heterocycles. The Morgan fingerprint density at radius 3 is 2.72 bits per heavy atom. The van der Waals surface area contributed by atoms with Crippen LogP contribution in [0.4, 0.5) is 0 Å². The molecule has 166 valence electrons. The molecular weight excluding hydrogens is 488 g/mol. The van der Waals surface area contributed by atoms with Gasteiger partial charge < -0.3 is 14.5 Å². The number of methoxy groups -OCH3 is 1. The SMILES string of the molecule is COCCN(CC(=O)N1CCc2sccc2C1c1ccccc1)C(=O)c1cccc(Br)c1. The van der Waals surface area contributed by atoms with Gasteiger partial charge in [0.1, 0.15) is 6.54 Å². The number of hydrogen-bond acceptors (Lipinski definition) is 4. The van der Waals surface area contributed by atoms with Crippen LogP contribution in [0, 0.1) is 0 Å². The van der Waals surface area contributed by atoms with E-state index in [1.54, 1.807) is 35.5 Å². The predicted octanol–water partition coefficient (Wildman–Crippen LogP) is 4.77. The summed E-state index contributed by atoms with van der Waals surface area (Å²) in [5.41, 5.74) is 2.81.